The molecule has 0 radical (unpaired) electrons. The van der Waals surface area contributed by atoms with Crippen molar-refractivity contribution in [2.75, 3.05) is 5.32 Å². The maximum atomic E-state index is 12.7. The van der Waals surface area contributed by atoms with Gasteiger partial charge in [-0.25, -0.2) is 4.98 Å². The SMILES string of the molecule is O=C(Nc1ccncc1Cl)C1=C(O)CCc2c1nc1ccccn21. The zero-order valence-corrected chi connectivity index (χ0v) is 13.3. The minimum absolute atomic E-state index is 0.0357. The average Bonchev–Trinajstić information content (AvgIpc) is 2.95. The predicted octanol–water partition coefficient (Wildman–Crippen LogP) is 3.24. The highest BCUT2D eigenvalue weighted by Crippen LogP contribution is 2.32. The summed E-state index contributed by atoms with van der Waals surface area (Å²) in [6.45, 7) is 0. The summed E-state index contributed by atoms with van der Waals surface area (Å²) < 4.78 is 1.94. The van der Waals surface area contributed by atoms with Gasteiger partial charge in [-0.2, -0.15) is 0 Å². The van der Waals surface area contributed by atoms with E-state index in [1.165, 1.54) is 12.4 Å². The number of halogens is 1. The molecule has 1 aliphatic rings. The Bertz CT molecular complexity index is 993. The van der Waals surface area contributed by atoms with Gasteiger partial charge in [0.15, 0.2) is 0 Å². The van der Waals surface area contributed by atoms with Gasteiger partial charge in [-0.05, 0) is 24.6 Å². The lowest BCUT2D eigenvalue weighted by atomic mass is 9.97. The Balaban J connectivity index is 1.78. The average molecular weight is 341 g/mol. The van der Waals surface area contributed by atoms with Gasteiger partial charge in [-0.15, -0.1) is 0 Å². The second-order valence-corrected chi connectivity index (χ2v) is 5.87. The van der Waals surface area contributed by atoms with Gasteiger partial charge in [-0.1, -0.05) is 17.7 Å². The predicted molar refractivity (Wildman–Crippen MR) is 90.9 cm³/mol. The fraction of sp³-hybridized carbons (Fsp3) is 0.118. The van der Waals surface area contributed by atoms with Crippen LogP contribution in [0.4, 0.5) is 5.69 Å². The number of nitrogens with zero attached hydrogens (tertiary/aromatic N) is 3. The van der Waals surface area contributed by atoms with E-state index in [0.717, 1.165) is 11.3 Å². The Labute approximate surface area is 142 Å². The number of allylic oxidation sites excluding steroid dienone is 1. The third-order valence-electron chi connectivity index (χ3n) is 4.00. The Hall–Kier alpha value is -2.86. The van der Waals surface area contributed by atoms with E-state index in [4.69, 9.17) is 11.6 Å². The lowest BCUT2D eigenvalue weighted by Crippen LogP contribution is -2.19. The second kappa shape index (κ2) is 5.65. The van der Waals surface area contributed by atoms with Crippen molar-refractivity contribution in [3.05, 3.63) is 65.0 Å². The molecule has 6 nitrogen and oxygen atoms in total. The molecule has 3 heterocycles. The normalized spacial score (nSPS) is 13.9. The molecule has 0 atom stereocenters. The minimum atomic E-state index is -0.440. The van der Waals surface area contributed by atoms with Crippen LogP contribution < -0.4 is 5.32 Å². The highest BCUT2D eigenvalue weighted by atomic mass is 35.5. The van der Waals surface area contributed by atoms with Crippen molar-refractivity contribution in [1.82, 2.24) is 14.4 Å². The molecule has 3 aromatic rings. The molecule has 0 saturated carbocycles. The van der Waals surface area contributed by atoms with Crippen LogP contribution in [0.2, 0.25) is 5.02 Å². The fourth-order valence-electron chi connectivity index (χ4n) is 2.88. The molecule has 0 saturated heterocycles. The van der Waals surface area contributed by atoms with Crippen molar-refractivity contribution >= 4 is 34.4 Å². The maximum absolute atomic E-state index is 12.7. The van der Waals surface area contributed by atoms with Gasteiger partial charge in [0.1, 0.15) is 22.7 Å². The van der Waals surface area contributed by atoms with Crippen molar-refractivity contribution in [3.63, 3.8) is 0 Å². The summed E-state index contributed by atoms with van der Waals surface area (Å²) in [6.07, 6.45) is 5.90. The monoisotopic (exact) mass is 340 g/mol. The summed E-state index contributed by atoms with van der Waals surface area (Å²) in [5, 5.41) is 13.3. The summed E-state index contributed by atoms with van der Waals surface area (Å²) in [4.78, 5) is 21.1. The van der Waals surface area contributed by atoms with Crippen LogP contribution in [0.3, 0.4) is 0 Å². The fourth-order valence-corrected chi connectivity index (χ4v) is 3.05. The summed E-state index contributed by atoms with van der Waals surface area (Å²) in [6, 6.07) is 7.26. The van der Waals surface area contributed by atoms with Crippen LogP contribution in [0, 0.1) is 0 Å². The molecular weight excluding hydrogens is 328 g/mol. The Morgan fingerprint density at radius 2 is 2.17 bits per heavy atom. The first-order chi connectivity index (χ1) is 11.6. The first-order valence-electron chi connectivity index (χ1n) is 7.44. The third kappa shape index (κ3) is 2.32. The van der Waals surface area contributed by atoms with Gasteiger partial charge >= 0.3 is 0 Å². The lowest BCUT2D eigenvalue weighted by molar-refractivity contribution is -0.111. The molecule has 2 N–H and O–H groups in total. The molecule has 0 aliphatic heterocycles. The number of imidazole rings is 1. The van der Waals surface area contributed by atoms with Crippen LogP contribution in [0.25, 0.3) is 11.2 Å². The molecule has 1 amide bonds. The zero-order chi connectivity index (χ0) is 16.7. The first-order valence-corrected chi connectivity index (χ1v) is 7.82. The van der Waals surface area contributed by atoms with E-state index in [1.54, 1.807) is 6.07 Å². The van der Waals surface area contributed by atoms with E-state index in [0.29, 0.717) is 29.2 Å². The van der Waals surface area contributed by atoms with Crippen LogP contribution in [0.15, 0.2) is 48.6 Å². The first kappa shape index (κ1) is 14.7. The molecule has 0 unspecified atom stereocenters. The van der Waals surface area contributed by atoms with Crippen LogP contribution in [0.1, 0.15) is 17.8 Å². The Kier molecular flexibility index (Phi) is 3.46. The van der Waals surface area contributed by atoms with Gasteiger partial charge in [-0.3, -0.25) is 9.78 Å². The molecule has 3 aromatic heterocycles. The summed E-state index contributed by atoms with van der Waals surface area (Å²) >= 11 is 6.03. The van der Waals surface area contributed by atoms with Crippen molar-refractivity contribution in [2.24, 2.45) is 0 Å². The van der Waals surface area contributed by atoms with Gasteiger partial charge in [0, 0.05) is 25.0 Å². The molecule has 24 heavy (non-hydrogen) atoms. The number of aliphatic hydroxyl groups is 1. The molecule has 0 aromatic carbocycles. The number of hydrogen-bond donors (Lipinski definition) is 2. The van der Waals surface area contributed by atoms with E-state index < -0.39 is 5.91 Å². The van der Waals surface area contributed by atoms with E-state index in [1.807, 2.05) is 28.8 Å². The number of nitrogens with one attached hydrogen (secondary N) is 1. The number of carbonyl (C=O) groups excluding carboxylic acids is 1. The quantitative estimate of drug-likeness (QED) is 0.750. The van der Waals surface area contributed by atoms with Crippen LogP contribution in [-0.4, -0.2) is 25.4 Å². The molecule has 4 rings (SSSR count). The van der Waals surface area contributed by atoms with Crippen molar-refractivity contribution in [2.45, 2.75) is 12.8 Å². The zero-order valence-electron chi connectivity index (χ0n) is 12.5. The summed E-state index contributed by atoms with van der Waals surface area (Å²) in [5.74, 6) is -0.404. The summed E-state index contributed by atoms with van der Waals surface area (Å²) in [7, 11) is 0. The van der Waals surface area contributed by atoms with Crippen molar-refractivity contribution < 1.29 is 9.90 Å². The van der Waals surface area contributed by atoms with E-state index in [9.17, 15) is 9.90 Å². The number of amides is 1. The molecule has 0 bridgehead atoms. The van der Waals surface area contributed by atoms with Crippen molar-refractivity contribution in [1.29, 1.82) is 0 Å². The molecule has 0 spiro atoms. The Morgan fingerprint density at radius 1 is 1.29 bits per heavy atom. The van der Waals surface area contributed by atoms with E-state index >= 15 is 0 Å². The van der Waals surface area contributed by atoms with E-state index in [2.05, 4.69) is 15.3 Å². The molecule has 0 fully saturated rings. The smallest absolute Gasteiger partial charge is 0.261 e. The van der Waals surface area contributed by atoms with Crippen LogP contribution in [0.5, 0.6) is 0 Å². The minimum Gasteiger partial charge on any atom is -0.511 e. The lowest BCUT2D eigenvalue weighted by Gasteiger charge is -2.16. The largest absolute Gasteiger partial charge is 0.511 e. The number of carbonyl (C=O) groups is 1. The number of anilines is 1. The summed E-state index contributed by atoms with van der Waals surface area (Å²) in [5.41, 5.74) is 2.78. The third-order valence-corrected chi connectivity index (χ3v) is 4.30. The highest BCUT2D eigenvalue weighted by Gasteiger charge is 2.29. The van der Waals surface area contributed by atoms with Gasteiger partial charge in [0.05, 0.1) is 16.4 Å². The number of aromatic nitrogens is 3. The number of aryl methyl sites for hydroxylation is 1. The molecule has 120 valence electrons. The van der Waals surface area contributed by atoms with Crippen molar-refractivity contribution in [3.8, 4) is 0 Å². The van der Waals surface area contributed by atoms with E-state index in [-0.39, 0.29) is 11.3 Å². The molecule has 7 heteroatoms. The number of hydrogen-bond acceptors (Lipinski definition) is 4. The van der Waals surface area contributed by atoms with Gasteiger partial charge in [0.2, 0.25) is 0 Å². The van der Waals surface area contributed by atoms with Crippen LogP contribution in [-0.2, 0) is 11.2 Å². The van der Waals surface area contributed by atoms with Gasteiger partial charge in [0.25, 0.3) is 5.91 Å². The van der Waals surface area contributed by atoms with Gasteiger partial charge < -0.3 is 14.8 Å². The maximum Gasteiger partial charge on any atom is 0.261 e. The topological polar surface area (TPSA) is 79.5 Å². The number of pyridine rings is 2. The molecular formula is C17H13ClN4O2. The second-order valence-electron chi connectivity index (χ2n) is 5.47. The number of aliphatic hydroxyl groups excluding tert-OH is 1. The highest BCUT2D eigenvalue weighted by molar-refractivity contribution is 6.35. The number of fused-ring (bicyclic) bond motifs is 3. The Morgan fingerprint density at radius 3 is 3.00 bits per heavy atom. The standard InChI is InChI=1S/C17H13ClN4O2/c18-10-9-19-7-6-11(10)20-17(24)15-13(23)5-4-12-16(15)21-14-3-1-2-8-22(12)14/h1-3,6-9,23H,4-5H2,(H,19,20,24). The molecule has 1 aliphatic carbocycles. The van der Waals surface area contributed by atoms with Crippen LogP contribution >= 0.6 is 11.6 Å². The number of rotatable bonds is 2.